The van der Waals surface area contributed by atoms with Gasteiger partial charge in [-0.3, -0.25) is 4.90 Å². The lowest BCUT2D eigenvalue weighted by molar-refractivity contribution is 0.0404. The van der Waals surface area contributed by atoms with Crippen LogP contribution in [0.1, 0.15) is 35.9 Å². The van der Waals surface area contributed by atoms with E-state index in [2.05, 4.69) is 22.9 Å². The standard InChI is InChI=1S/C18H24ClN3O/c1-13-10-16(19)6-5-14(13)11-22-8-3-4-15(12-22)17(23)18-20-7-9-21(18)2/h5-7,9-10,15,17,23H,3-4,8,11-12H2,1-2H3/t15-,17+/m0/s1. The van der Waals surface area contributed by atoms with Crippen LogP contribution in [-0.4, -0.2) is 32.6 Å². The normalized spacial score (nSPS) is 20.6. The molecule has 1 N–H and O–H groups in total. The minimum Gasteiger partial charge on any atom is -0.385 e. The van der Waals surface area contributed by atoms with Gasteiger partial charge in [0, 0.05) is 43.5 Å². The third kappa shape index (κ3) is 3.77. The SMILES string of the molecule is Cc1cc(Cl)ccc1CN1CCC[C@H]([C@@H](O)c2nccn2C)C1. The molecule has 0 saturated carbocycles. The number of likely N-dealkylation sites (tertiary alicyclic amines) is 1. The van der Waals surface area contributed by atoms with Gasteiger partial charge >= 0.3 is 0 Å². The van der Waals surface area contributed by atoms with E-state index < -0.39 is 6.10 Å². The molecule has 4 nitrogen and oxygen atoms in total. The van der Waals surface area contributed by atoms with E-state index in [4.69, 9.17) is 11.6 Å². The fraction of sp³-hybridized carbons (Fsp3) is 0.500. The second-order valence-corrected chi connectivity index (χ2v) is 6.99. The molecule has 2 heterocycles. The molecule has 1 fully saturated rings. The van der Waals surface area contributed by atoms with Crippen LogP contribution in [0.15, 0.2) is 30.6 Å². The van der Waals surface area contributed by atoms with E-state index in [9.17, 15) is 5.11 Å². The van der Waals surface area contributed by atoms with Gasteiger partial charge in [-0.1, -0.05) is 17.7 Å². The van der Waals surface area contributed by atoms with Crippen LogP contribution in [0.25, 0.3) is 0 Å². The van der Waals surface area contributed by atoms with Crippen LogP contribution < -0.4 is 0 Å². The maximum absolute atomic E-state index is 10.7. The van der Waals surface area contributed by atoms with Crippen LogP contribution in [0.4, 0.5) is 0 Å². The van der Waals surface area contributed by atoms with E-state index in [1.807, 2.05) is 29.9 Å². The Morgan fingerprint density at radius 2 is 2.26 bits per heavy atom. The van der Waals surface area contributed by atoms with E-state index in [0.29, 0.717) is 0 Å². The Bertz CT molecular complexity index is 670. The smallest absolute Gasteiger partial charge is 0.137 e. The first-order valence-corrected chi connectivity index (χ1v) is 8.55. The van der Waals surface area contributed by atoms with Crippen LogP contribution in [0.2, 0.25) is 5.02 Å². The van der Waals surface area contributed by atoms with Gasteiger partial charge in [0.1, 0.15) is 11.9 Å². The summed E-state index contributed by atoms with van der Waals surface area (Å²) in [6.07, 6.45) is 5.29. The Morgan fingerprint density at radius 3 is 2.96 bits per heavy atom. The highest BCUT2D eigenvalue weighted by Gasteiger charge is 2.29. The maximum atomic E-state index is 10.7. The van der Waals surface area contributed by atoms with Crippen molar-refractivity contribution in [2.24, 2.45) is 13.0 Å². The van der Waals surface area contributed by atoms with Crippen LogP contribution in [0.5, 0.6) is 0 Å². The summed E-state index contributed by atoms with van der Waals surface area (Å²) in [5, 5.41) is 11.4. The third-order valence-corrected chi connectivity index (χ3v) is 5.05. The van der Waals surface area contributed by atoms with Crippen molar-refractivity contribution in [3.05, 3.63) is 52.6 Å². The van der Waals surface area contributed by atoms with E-state index in [-0.39, 0.29) is 5.92 Å². The zero-order valence-electron chi connectivity index (χ0n) is 13.7. The Kier molecular flexibility index (Phi) is 5.05. The molecule has 1 aliphatic heterocycles. The number of aryl methyl sites for hydroxylation is 2. The summed E-state index contributed by atoms with van der Waals surface area (Å²) >= 11 is 6.04. The number of benzene rings is 1. The second-order valence-electron chi connectivity index (χ2n) is 6.55. The molecular weight excluding hydrogens is 310 g/mol. The minimum atomic E-state index is -0.496. The van der Waals surface area contributed by atoms with Crippen LogP contribution >= 0.6 is 11.6 Å². The number of halogens is 1. The lowest BCUT2D eigenvalue weighted by Gasteiger charge is -2.35. The average Bonchev–Trinajstić information content (AvgIpc) is 2.96. The molecular formula is C18H24ClN3O. The van der Waals surface area contributed by atoms with E-state index in [1.165, 1.54) is 11.1 Å². The van der Waals surface area contributed by atoms with Crippen LogP contribution in [0, 0.1) is 12.8 Å². The van der Waals surface area contributed by atoms with Crippen molar-refractivity contribution in [3.63, 3.8) is 0 Å². The maximum Gasteiger partial charge on any atom is 0.137 e. The summed E-state index contributed by atoms with van der Waals surface area (Å²) < 4.78 is 1.91. The fourth-order valence-corrected chi connectivity index (χ4v) is 3.67. The predicted molar refractivity (Wildman–Crippen MR) is 92.4 cm³/mol. The molecule has 0 spiro atoms. The van der Waals surface area contributed by atoms with Crippen molar-refractivity contribution in [3.8, 4) is 0 Å². The summed E-state index contributed by atoms with van der Waals surface area (Å²) in [6, 6.07) is 6.07. The Hall–Kier alpha value is -1.36. The predicted octanol–water partition coefficient (Wildman–Crippen LogP) is 3.33. The molecule has 124 valence electrons. The Balaban J connectivity index is 1.67. The van der Waals surface area contributed by atoms with Gasteiger partial charge in [-0.25, -0.2) is 4.98 Å². The van der Waals surface area contributed by atoms with Crippen molar-refractivity contribution in [2.75, 3.05) is 13.1 Å². The molecule has 2 aromatic rings. The molecule has 0 aliphatic carbocycles. The van der Waals surface area contributed by atoms with E-state index in [0.717, 1.165) is 43.3 Å². The van der Waals surface area contributed by atoms with Crippen LogP contribution in [0.3, 0.4) is 0 Å². The Morgan fingerprint density at radius 1 is 1.43 bits per heavy atom. The van der Waals surface area contributed by atoms with Gasteiger partial charge in [0.15, 0.2) is 0 Å². The zero-order chi connectivity index (χ0) is 16.4. The number of aromatic nitrogens is 2. The first-order valence-electron chi connectivity index (χ1n) is 8.17. The van der Waals surface area contributed by atoms with Gasteiger partial charge < -0.3 is 9.67 Å². The summed E-state index contributed by atoms with van der Waals surface area (Å²) in [4.78, 5) is 6.73. The minimum absolute atomic E-state index is 0.234. The van der Waals surface area contributed by atoms with Gasteiger partial charge in [-0.15, -0.1) is 0 Å². The van der Waals surface area contributed by atoms with E-state index >= 15 is 0 Å². The first kappa shape index (κ1) is 16.5. The molecule has 0 unspecified atom stereocenters. The summed E-state index contributed by atoms with van der Waals surface area (Å²) in [6.45, 7) is 4.99. The highest BCUT2D eigenvalue weighted by molar-refractivity contribution is 6.30. The zero-order valence-corrected chi connectivity index (χ0v) is 14.5. The van der Waals surface area contributed by atoms with Gasteiger partial charge in [-0.05, 0) is 49.6 Å². The number of hydrogen-bond donors (Lipinski definition) is 1. The van der Waals surface area contributed by atoms with Crippen LogP contribution in [-0.2, 0) is 13.6 Å². The molecule has 5 heteroatoms. The lowest BCUT2D eigenvalue weighted by atomic mass is 9.91. The van der Waals surface area contributed by atoms with Gasteiger partial charge in [0.2, 0.25) is 0 Å². The van der Waals surface area contributed by atoms with Crippen molar-refractivity contribution in [2.45, 2.75) is 32.4 Å². The van der Waals surface area contributed by atoms with Crippen molar-refractivity contribution in [1.82, 2.24) is 14.5 Å². The number of nitrogens with zero attached hydrogens (tertiary/aromatic N) is 3. The second kappa shape index (κ2) is 7.04. The number of hydrogen-bond acceptors (Lipinski definition) is 3. The van der Waals surface area contributed by atoms with Gasteiger partial charge in [0.05, 0.1) is 0 Å². The molecule has 2 atom stereocenters. The average molecular weight is 334 g/mol. The largest absolute Gasteiger partial charge is 0.385 e. The summed E-state index contributed by atoms with van der Waals surface area (Å²) in [5.74, 6) is 0.997. The molecule has 1 aliphatic rings. The number of aliphatic hydroxyl groups is 1. The molecule has 1 aromatic heterocycles. The molecule has 1 saturated heterocycles. The van der Waals surface area contributed by atoms with Crippen molar-refractivity contribution in [1.29, 1.82) is 0 Å². The van der Waals surface area contributed by atoms with E-state index in [1.54, 1.807) is 6.20 Å². The number of aliphatic hydroxyl groups excluding tert-OH is 1. The number of piperidine rings is 1. The highest BCUT2D eigenvalue weighted by Crippen LogP contribution is 2.29. The topological polar surface area (TPSA) is 41.3 Å². The summed E-state index contributed by atoms with van der Waals surface area (Å²) in [5.41, 5.74) is 2.53. The lowest BCUT2D eigenvalue weighted by Crippen LogP contribution is -2.38. The fourth-order valence-electron chi connectivity index (χ4n) is 3.44. The first-order chi connectivity index (χ1) is 11.0. The molecule has 0 amide bonds. The van der Waals surface area contributed by atoms with Crippen molar-refractivity contribution < 1.29 is 5.11 Å². The molecule has 0 bridgehead atoms. The monoisotopic (exact) mass is 333 g/mol. The molecule has 1 aromatic carbocycles. The number of rotatable bonds is 4. The quantitative estimate of drug-likeness (QED) is 0.933. The molecule has 23 heavy (non-hydrogen) atoms. The van der Waals surface area contributed by atoms with Crippen molar-refractivity contribution >= 4 is 11.6 Å². The van der Waals surface area contributed by atoms with Gasteiger partial charge in [0.25, 0.3) is 0 Å². The third-order valence-electron chi connectivity index (χ3n) is 4.81. The number of imidazole rings is 1. The van der Waals surface area contributed by atoms with Gasteiger partial charge in [-0.2, -0.15) is 0 Å². The Labute approximate surface area is 142 Å². The summed E-state index contributed by atoms with van der Waals surface area (Å²) in [7, 11) is 1.93. The highest BCUT2D eigenvalue weighted by atomic mass is 35.5. The molecule has 0 radical (unpaired) electrons. The molecule has 3 rings (SSSR count).